The highest BCUT2D eigenvalue weighted by Gasteiger charge is 2.12. The lowest BCUT2D eigenvalue weighted by Gasteiger charge is -2.18. The van der Waals surface area contributed by atoms with Crippen molar-refractivity contribution in [3.05, 3.63) is 71.6 Å². The van der Waals surface area contributed by atoms with Gasteiger partial charge in [-0.25, -0.2) is 4.39 Å². The van der Waals surface area contributed by atoms with Gasteiger partial charge in [0.25, 0.3) is 5.91 Å². The van der Waals surface area contributed by atoms with Crippen LogP contribution in [0.15, 0.2) is 54.6 Å². The highest BCUT2D eigenvalue weighted by molar-refractivity contribution is 6.03. The van der Waals surface area contributed by atoms with Crippen molar-refractivity contribution in [2.24, 2.45) is 0 Å². The number of carbonyl (C=O) groups is 2. The van der Waals surface area contributed by atoms with Gasteiger partial charge in [-0.1, -0.05) is 24.3 Å². The zero-order valence-corrected chi connectivity index (χ0v) is 14.3. The van der Waals surface area contributed by atoms with Gasteiger partial charge in [0, 0.05) is 36.0 Å². The van der Waals surface area contributed by atoms with Crippen LogP contribution in [-0.4, -0.2) is 29.8 Å². The van der Waals surface area contributed by atoms with E-state index >= 15 is 0 Å². The first-order chi connectivity index (χ1) is 12.0. The molecule has 0 aliphatic heterocycles. The van der Waals surface area contributed by atoms with Crippen LogP contribution >= 0.6 is 0 Å². The number of nitrogens with zero attached hydrogens (tertiary/aromatic N) is 1. The molecule has 2 aromatic carbocycles. The Hall–Kier alpha value is -2.95. The summed E-state index contributed by atoms with van der Waals surface area (Å²) in [4.78, 5) is 26.1. The molecule has 25 heavy (non-hydrogen) atoms. The van der Waals surface area contributed by atoms with Gasteiger partial charge in [0.2, 0.25) is 5.91 Å². The smallest absolute Gasteiger partial charge is 0.253 e. The van der Waals surface area contributed by atoms with Gasteiger partial charge in [0.1, 0.15) is 5.82 Å². The predicted octanol–water partition coefficient (Wildman–Crippen LogP) is 3.96. The summed E-state index contributed by atoms with van der Waals surface area (Å²) in [5.41, 5.74) is 1.36. The largest absolute Gasteiger partial charge is 0.339 e. The third-order valence-electron chi connectivity index (χ3n) is 3.75. The van der Waals surface area contributed by atoms with E-state index in [1.54, 1.807) is 47.4 Å². The number of halogens is 1. The number of amides is 2. The molecule has 0 aliphatic carbocycles. The van der Waals surface area contributed by atoms with Crippen molar-refractivity contribution in [3.8, 4) is 0 Å². The Morgan fingerprint density at radius 2 is 1.80 bits per heavy atom. The lowest BCUT2D eigenvalue weighted by atomic mass is 10.1. The minimum atomic E-state index is -0.393. The van der Waals surface area contributed by atoms with Crippen LogP contribution < -0.4 is 5.32 Å². The zero-order valence-electron chi connectivity index (χ0n) is 14.3. The maximum Gasteiger partial charge on any atom is 0.253 e. The molecular weight excluding hydrogens is 319 g/mol. The van der Waals surface area contributed by atoms with Gasteiger partial charge in [-0.15, -0.1) is 0 Å². The van der Waals surface area contributed by atoms with Crippen LogP contribution in [0.25, 0.3) is 6.08 Å². The molecule has 0 heterocycles. The molecular formula is C20H21FN2O2. The molecule has 0 spiro atoms. The van der Waals surface area contributed by atoms with Crippen molar-refractivity contribution in [1.82, 2.24) is 4.90 Å². The van der Waals surface area contributed by atoms with Gasteiger partial charge in [-0.2, -0.15) is 0 Å². The second-order valence-corrected chi connectivity index (χ2v) is 5.40. The van der Waals surface area contributed by atoms with E-state index < -0.39 is 11.7 Å². The Morgan fingerprint density at radius 3 is 2.48 bits per heavy atom. The summed E-state index contributed by atoms with van der Waals surface area (Å²) in [6.07, 6.45) is 2.67. The summed E-state index contributed by atoms with van der Waals surface area (Å²) in [5.74, 6) is -0.864. The molecule has 0 fully saturated rings. The molecule has 0 bridgehead atoms. The summed E-state index contributed by atoms with van der Waals surface area (Å²) in [6, 6.07) is 13.0. The van der Waals surface area contributed by atoms with Crippen molar-refractivity contribution in [2.75, 3.05) is 18.4 Å². The van der Waals surface area contributed by atoms with E-state index in [-0.39, 0.29) is 5.91 Å². The number of rotatable bonds is 6. The number of benzene rings is 2. The maximum atomic E-state index is 13.5. The molecule has 0 saturated carbocycles. The first-order valence-corrected chi connectivity index (χ1v) is 8.18. The summed E-state index contributed by atoms with van der Waals surface area (Å²) in [6.45, 7) is 5.08. The maximum absolute atomic E-state index is 13.5. The molecule has 4 nitrogen and oxygen atoms in total. The third kappa shape index (κ3) is 5.01. The van der Waals surface area contributed by atoms with Gasteiger partial charge < -0.3 is 10.2 Å². The van der Waals surface area contributed by atoms with Crippen LogP contribution in [0.3, 0.4) is 0 Å². The monoisotopic (exact) mass is 340 g/mol. The fraction of sp³-hybridized carbons (Fsp3) is 0.200. The molecule has 1 N–H and O–H groups in total. The van der Waals surface area contributed by atoms with Crippen molar-refractivity contribution >= 4 is 23.6 Å². The average molecular weight is 340 g/mol. The van der Waals surface area contributed by atoms with Crippen LogP contribution in [-0.2, 0) is 4.79 Å². The lowest BCUT2D eigenvalue weighted by molar-refractivity contribution is -0.111. The Balaban J connectivity index is 2.08. The number of nitrogens with one attached hydrogen (secondary N) is 1. The van der Waals surface area contributed by atoms with Crippen molar-refractivity contribution < 1.29 is 14.0 Å². The fourth-order valence-corrected chi connectivity index (χ4v) is 2.38. The molecule has 0 unspecified atom stereocenters. The average Bonchev–Trinajstić information content (AvgIpc) is 2.62. The molecule has 0 atom stereocenters. The quantitative estimate of drug-likeness (QED) is 0.809. The number of anilines is 1. The first-order valence-electron chi connectivity index (χ1n) is 8.18. The van der Waals surface area contributed by atoms with Gasteiger partial charge >= 0.3 is 0 Å². The van der Waals surface area contributed by atoms with Crippen LogP contribution in [0.5, 0.6) is 0 Å². The predicted molar refractivity (Wildman–Crippen MR) is 97.8 cm³/mol. The second kappa shape index (κ2) is 8.78. The van der Waals surface area contributed by atoms with Gasteiger partial charge in [-0.3, -0.25) is 9.59 Å². The molecule has 0 saturated heterocycles. The summed E-state index contributed by atoms with van der Waals surface area (Å²) in [7, 11) is 0. The van der Waals surface area contributed by atoms with E-state index in [4.69, 9.17) is 0 Å². The molecule has 2 aromatic rings. The molecule has 2 rings (SSSR count). The van der Waals surface area contributed by atoms with E-state index in [9.17, 15) is 14.0 Å². The fourth-order valence-electron chi connectivity index (χ4n) is 2.38. The third-order valence-corrected chi connectivity index (χ3v) is 3.75. The van der Waals surface area contributed by atoms with E-state index in [1.165, 1.54) is 18.2 Å². The first kappa shape index (κ1) is 18.4. The molecule has 130 valence electrons. The van der Waals surface area contributed by atoms with Crippen molar-refractivity contribution in [3.63, 3.8) is 0 Å². The van der Waals surface area contributed by atoms with Crippen molar-refractivity contribution in [1.29, 1.82) is 0 Å². The molecule has 2 amide bonds. The van der Waals surface area contributed by atoms with Gasteiger partial charge in [0.05, 0.1) is 0 Å². The van der Waals surface area contributed by atoms with Crippen molar-refractivity contribution in [2.45, 2.75) is 13.8 Å². The number of carbonyl (C=O) groups excluding carboxylic acids is 2. The Labute approximate surface area is 147 Å². The topological polar surface area (TPSA) is 49.4 Å². The van der Waals surface area contributed by atoms with Crippen LogP contribution in [0.2, 0.25) is 0 Å². The molecule has 0 aliphatic rings. The SMILES string of the molecule is CCN(CC)C(=O)c1cccc(NC(=O)/C=C/c2ccccc2F)c1. The standard InChI is InChI=1S/C20H21FN2O2/c1-3-23(4-2)20(25)16-9-7-10-17(14-16)22-19(24)13-12-15-8-5-6-11-18(15)21/h5-14H,3-4H2,1-2H3,(H,22,24)/b13-12+. The van der Waals surface area contributed by atoms with Crippen LogP contribution in [0.4, 0.5) is 10.1 Å². The van der Waals surface area contributed by atoms with E-state index in [1.807, 2.05) is 13.8 Å². The zero-order chi connectivity index (χ0) is 18.2. The summed E-state index contributed by atoms with van der Waals surface area (Å²) >= 11 is 0. The highest BCUT2D eigenvalue weighted by Crippen LogP contribution is 2.14. The Morgan fingerprint density at radius 1 is 1.08 bits per heavy atom. The van der Waals surface area contributed by atoms with Gasteiger partial charge in [0.15, 0.2) is 0 Å². The Kier molecular flexibility index (Phi) is 6.46. The summed E-state index contributed by atoms with van der Waals surface area (Å²) < 4.78 is 13.5. The normalized spacial score (nSPS) is 10.7. The molecule has 0 radical (unpaired) electrons. The van der Waals surface area contributed by atoms with Gasteiger partial charge in [-0.05, 0) is 44.2 Å². The van der Waals surface area contributed by atoms with Crippen LogP contribution in [0, 0.1) is 5.82 Å². The van der Waals surface area contributed by atoms with E-state index in [2.05, 4.69) is 5.32 Å². The lowest BCUT2D eigenvalue weighted by Crippen LogP contribution is -2.30. The Bertz CT molecular complexity index is 783. The second-order valence-electron chi connectivity index (χ2n) is 5.40. The number of hydrogen-bond acceptors (Lipinski definition) is 2. The minimum Gasteiger partial charge on any atom is -0.339 e. The molecule has 5 heteroatoms. The number of hydrogen-bond donors (Lipinski definition) is 1. The summed E-state index contributed by atoms with van der Waals surface area (Å²) in [5, 5.41) is 2.68. The van der Waals surface area contributed by atoms with E-state index in [0.717, 1.165) is 0 Å². The minimum absolute atomic E-state index is 0.0806. The van der Waals surface area contributed by atoms with E-state index in [0.29, 0.717) is 29.9 Å². The van der Waals surface area contributed by atoms with Crippen LogP contribution in [0.1, 0.15) is 29.8 Å². The highest BCUT2D eigenvalue weighted by atomic mass is 19.1. The molecule has 0 aromatic heterocycles.